The highest BCUT2D eigenvalue weighted by atomic mass is 16.5. The largest absolute Gasteiger partial charge is 0.404 e. The fourth-order valence-electron chi connectivity index (χ4n) is 3.46. The van der Waals surface area contributed by atoms with Gasteiger partial charge in [-0.3, -0.25) is 4.57 Å². The van der Waals surface area contributed by atoms with Gasteiger partial charge in [0.1, 0.15) is 5.82 Å². The molecule has 1 aromatic carbocycles. The molecule has 4 heterocycles. The number of aromatic nitrogens is 6. The van der Waals surface area contributed by atoms with Gasteiger partial charge in [0.25, 0.3) is 0 Å². The molecule has 0 atom stereocenters. The van der Waals surface area contributed by atoms with Crippen LogP contribution in [0, 0.1) is 0 Å². The lowest BCUT2D eigenvalue weighted by atomic mass is 10.1. The van der Waals surface area contributed by atoms with Crippen LogP contribution in [0.2, 0.25) is 0 Å². The van der Waals surface area contributed by atoms with Crippen LogP contribution >= 0.6 is 0 Å². The van der Waals surface area contributed by atoms with Crippen LogP contribution in [-0.4, -0.2) is 55.8 Å². The number of aromatic amines is 1. The van der Waals surface area contributed by atoms with E-state index in [2.05, 4.69) is 14.9 Å². The van der Waals surface area contributed by atoms with E-state index in [1.54, 1.807) is 16.8 Å². The molecule has 0 unspecified atom stereocenters. The van der Waals surface area contributed by atoms with Gasteiger partial charge in [0, 0.05) is 48.1 Å². The van der Waals surface area contributed by atoms with Crippen LogP contribution in [0.1, 0.15) is 5.82 Å². The first-order valence-electron chi connectivity index (χ1n) is 9.41. The van der Waals surface area contributed by atoms with E-state index in [1.807, 2.05) is 36.7 Å². The van der Waals surface area contributed by atoms with Crippen molar-refractivity contribution in [1.29, 1.82) is 0 Å². The Kier molecular flexibility index (Phi) is 4.41. The average Bonchev–Trinajstić information content (AvgIpc) is 3.43. The summed E-state index contributed by atoms with van der Waals surface area (Å²) in [4.78, 5) is 24.0. The van der Waals surface area contributed by atoms with Crippen molar-refractivity contribution in [2.45, 2.75) is 0 Å². The number of rotatable bonds is 4. The summed E-state index contributed by atoms with van der Waals surface area (Å²) in [5.74, 6) is 2.38. The van der Waals surface area contributed by atoms with E-state index < -0.39 is 0 Å². The molecule has 1 aliphatic heterocycles. The van der Waals surface area contributed by atoms with Gasteiger partial charge in [0.2, 0.25) is 11.9 Å². The lowest BCUT2D eigenvalue weighted by Crippen LogP contribution is -2.37. The summed E-state index contributed by atoms with van der Waals surface area (Å²) in [7, 11) is 0. The summed E-state index contributed by atoms with van der Waals surface area (Å²) in [6.45, 7) is 2.76. The maximum Gasteiger partial charge on any atom is 0.240 e. The van der Waals surface area contributed by atoms with Crippen LogP contribution in [0.4, 0.5) is 5.95 Å². The van der Waals surface area contributed by atoms with Gasteiger partial charge in [-0.1, -0.05) is 12.1 Å². The standard InChI is InChI=1S/C20H20N8O/c21-6-4-17-23-8-9-28(17)20-25-18(15-2-1-3-16-14(15)5-7-22-16)24-19(26-20)27-10-12-29-13-11-27/h1-9,22H,10-13,21H2/b6-4+. The summed E-state index contributed by atoms with van der Waals surface area (Å²) >= 11 is 0. The van der Waals surface area contributed by atoms with Crippen molar-refractivity contribution in [3.63, 3.8) is 0 Å². The lowest BCUT2D eigenvalue weighted by molar-refractivity contribution is 0.122. The number of nitrogens with one attached hydrogen (secondary N) is 1. The Hall–Kier alpha value is -3.72. The van der Waals surface area contributed by atoms with E-state index in [4.69, 9.17) is 25.4 Å². The van der Waals surface area contributed by atoms with E-state index in [0.717, 1.165) is 29.6 Å². The Morgan fingerprint density at radius 2 is 1.93 bits per heavy atom. The predicted octanol–water partition coefficient (Wildman–Crippen LogP) is 1.97. The molecule has 0 aliphatic carbocycles. The molecule has 9 nitrogen and oxygen atoms in total. The molecule has 9 heteroatoms. The number of morpholine rings is 1. The van der Waals surface area contributed by atoms with Crippen molar-refractivity contribution in [2.75, 3.05) is 31.2 Å². The fourth-order valence-corrected chi connectivity index (χ4v) is 3.46. The van der Waals surface area contributed by atoms with Gasteiger partial charge in [-0.05, 0) is 24.4 Å². The number of hydrogen-bond donors (Lipinski definition) is 2. The molecule has 1 saturated heterocycles. The molecular weight excluding hydrogens is 368 g/mol. The van der Waals surface area contributed by atoms with Crippen molar-refractivity contribution in [2.24, 2.45) is 5.73 Å². The van der Waals surface area contributed by atoms with Gasteiger partial charge < -0.3 is 20.4 Å². The van der Waals surface area contributed by atoms with Gasteiger partial charge in [0.05, 0.1) is 13.2 Å². The molecule has 0 spiro atoms. The summed E-state index contributed by atoms with van der Waals surface area (Å²) in [5.41, 5.74) is 7.55. The molecule has 1 fully saturated rings. The summed E-state index contributed by atoms with van der Waals surface area (Å²) in [6, 6.07) is 8.07. The Morgan fingerprint density at radius 1 is 1.07 bits per heavy atom. The van der Waals surface area contributed by atoms with Crippen LogP contribution in [0.15, 0.2) is 49.1 Å². The highest BCUT2D eigenvalue weighted by Gasteiger charge is 2.19. The molecular formula is C20H20N8O. The van der Waals surface area contributed by atoms with Gasteiger partial charge in [-0.2, -0.15) is 15.0 Å². The third-order valence-electron chi connectivity index (χ3n) is 4.87. The summed E-state index contributed by atoms with van der Waals surface area (Å²) in [5, 5.41) is 1.06. The number of benzene rings is 1. The number of ether oxygens (including phenoxy) is 1. The zero-order valence-electron chi connectivity index (χ0n) is 15.7. The number of nitrogens with zero attached hydrogens (tertiary/aromatic N) is 6. The van der Waals surface area contributed by atoms with Crippen molar-refractivity contribution < 1.29 is 4.74 Å². The molecule has 29 heavy (non-hydrogen) atoms. The van der Waals surface area contributed by atoms with Crippen LogP contribution in [0.5, 0.6) is 0 Å². The molecule has 0 saturated carbocycles. The first kappa shape index (κ1) is 17.4. The van der Waals surface area contributed by atoms with Crippen LogP contribution < -0.4 is 10.6 Å². The van der Waals surface area contributed by atoms with Gasteiger partial charge in [0.15, 0.2) is 5.82 Å². The fraction of sp³-hybridized carbons (Fsp3) is 0.200. The molecule has 0 bridgehead atoms. The van der Waals surface area contributed by atoms with Crippen LogP contribution in [-0.2, 0) is 4.74 Å². The molecule has 5 rings (SSSR count). The SMILES string of the molecule is N/C=C/c1nccn1-c1nc(-c2cccc3[nH]ccc23)nc(N2CCOCC2)n1. The lowest BCUT2D eigenvalue weighted by Gasteiger charge is -2.27. The van der Waals surface area contributed by atoms with E-state index >= 15 is 0 Å². The first-order valence-corrected chi connectivity index (χ1v) is 9.41. The van der Waals surface area contributed by atoms with Crippen molar-refractivity contribution in [1.82, 2.24) is 29.5 Å². The van der Waals surface area contributed by atoms with Gasteiger partial charge in [-0.15, -0.1) is 0 Å². The third kappa shape index (κ3) is 3.21. The van der Waals surface area contributed by atoms with Gasteiger partial charge in [-0.25, -0.2) is 4.98 Å². The van der Waals surface area contributed by atoms with Crippen molar-refractivity contribution in [3.8, 4) is 17.3 Å². The molecule has 4 aromatic rings. The Morgan fingerprint density at radius 3 is 2.79 bits per heavy atom. The maximum absolute atomic E-state index is 5.57. The Labute approximate surface area is 166 Å². The molecule has 0 radical (unpaired) electrons. The van der Waals surface area contributed by atoms with E-state index in [0.29, 0.717) is 36.8 Å². The highest BCUT2D eigenvalue weighted by molar-refractivity contribution is 5.93. The maximum atomic E-state index is 5.57. The minimum atomic E-state index is 0.495. The van der Waals surface area contributed by atoms with Crippen molar-refractivity contribution >= 4 is 22.9 Å². The molecule has 3 aromatic heterocycles. The monoisotopic (exact) mass is 388 g/mol. The molecule has 0 amide bonds. The second kappa shape index (κ2) is 7.36. The topological polar surface area (TPSA) is 111 Å². The van der Waals surface area contributed by atoms with Gasteiger partial charge >= 0.3 is 0 Å². The quantitative estimate of drug-likeness (QED) is 0.550. The number of nitrogens with two attached hydrogens (primary N) is 1. The zero-order valence-corrected chi connectivity index (χ0v) is 15.7. The second-order valence-corrected chi connectivity index (χ2v) is 6.62. The Bertz CT molecular complexity index is 1170. The van der Waals surface area contributed by atoms with E-state index in [1.165, 1.54) is 6.20 Å². The second-order valence-electron chi connectivity index (χ2n) is 6.62. The smallest absolute Gasteiger partial charge is 0.240 e. The molecule has 3 N–H and O–H groups in total. The predicted molar refractivity (Wildman–Crippen MR) is 110 cm³/mol. The van der Waals surface area contributed by atoms with E-state index in [-0.39, 0.29) is 0 Å². The number of fused-ring (bicyclic) bond motifs is 1. The van der Waals surface area contributed by atoms with E-state index in [9.17, 15) is 0 Å². The highest BCUT2D eigenvalue weighted by Crippen LogP contribution is 2.27. The zero-order chi connectivity index (χ0) is 19.6. The minimum absolute atomic E-state index is 0.495. The van der Waals surface area contributed by atoms with Crippen LogP contribution in [0.3, 0.4) is 0 Å². The summed E-state index contributed by atoms with van der Waals surface area (Å²) in [6.07, 6.45) is 8.59. The summed E-state index contributed by atoms with van der Waals surface area (Å²) < 4.78 is 7.28. The number of imidazole rings is 1. The third-order valence-corrected chi connectivity index (χ3v) is 4.87. The van der Waals surface area contributed by atoms with Crippen molar-refractivity contribution in [3.05, 3.63) is 54.9 Å². The minimum Gasteiger partial charge on any atom is -0.404 e. The number of hydrogen-bond acceptors (Lipinski definition) is 7. The number of anilines is 1. The Balaban J connectivity index is 1.70. The van der Waals surface area contributed by atoms with Crippen LogP contribution in [0.25, 0.3) is 34.3 Å². The average molecular weight is 388 g/mol. The normalized spacial score (nSPS) is 14.8. The molecule has 1 aliphatic rings. The number of H-pyrrole nitrogens is 1. The molecule has 146 valence electrons. The first-order chi connectivity index (χ1) is 14.3.